The zero-order chi connectivity index (χ0) is 24.2. The standard InChI is InChI=1S/C30H22O5/c1-2-33-30(32)35-26-19-17-21-11-7-9-15-24(21)28(26)27-23-14-8-6-10-20(23)16-18-25(27)34-29(31)22-12-4-3-5-13-22/h3-19H,2H2,1H3. The third-order valence-electron chi connectivity index (χ3n) is 5.70. The molecule has 5 heteroatoms. The van der Waals surface area contributed by atoms with Crippen LogP contribution in [0.4, 0.5) is 4.79 Å². The molecule has 0 unspecified atom stereocenters. The number of rotatable bonds is 5. The van der Waals surface area contributed by atoms with Crippen LogP contribution in [0.2, 0.25) is 0 Å². The lowest BCUT2D eigenvalue weighted by Gasteiger charge is -2.18. The molecule has 0 heterocycles. The highest BCUT2D eigenvalue weighted by Gasteiger charge is 2.22. The number of hydrogen-bond donors (Lipinski definition) is 0. The highest BCUT2D eigenvalue weighted by molar-refractivity contribution is 6.10. The van der Waals surface area contributed by atoms with Crippen LogP contribution in [-0.2, 0) is 4.74 Å². The molecule has 0 aliphatic heterocycles. The molecule has 0 atom stereocenters. The van der Waals surface area contributed by atoms with Gasteiger partial charge in [0.15, 0.2) is 0 Å². The number of carbonyl (C=O) groups excluding carboxylic acids is 2. The number of ether oxygens (including phenoxy) is 3. The van der Waals surface area contributed by atoms with E-state index >= 15 is 0 Å². The fourth-order valence-corrected chi connectivity index (χ4v) is 4.16. The second kappa shape index (κ2) is 9.69. The molecule has 0 spiro atoms. The van der Waals surface area contributed by atoms with Crippen LogP contribution in [0, 0.1) is 0 Å². The number of esters is 1. The molecule has 0 amide bonds. The van der Waals surface area contributed by atoms with Crippen molar-refractivity contribution >= 4 is 33.7 Å². The summed E-state index contributed by atoms with van der Waals surface area (Å²) >= 11 is 0. The molecule has 5 nitrogen and oxygen atoms in total. The van der Waals surface area contributed by atoms with Crippen molar-refractivity contribution in [2.24, 2.45) is 0 Å². The van der Waals surface area contributed by atoms with Gasteiger partial charge in [-0.25, -0.2) is 9.59 Å². The van der Waals surface area contributed by atoms with Gasteiger partial charge in [-0.15, -0.1) is 0 Å². The van der Waals surface area contributed by atoms with E-state index in [2.05, 4.69) is 0 Å². The Kier molecular flexibility index (Phi) is 6.14. The lowest BCUT2D eigenvalue weighted by molar-refractivity contribution is 0.0735. The lowest BCUT2D eigenvalue weighted by atomic mass is 9.92. The van der Waals surface area contributed by atoms with Gasteiger partial charge in [0, 0.05) is 11.1 Å². The molecule has 5 rings (SSSR count). The van der Waals surface area contributed by atoms with Crippen LogP contribution in [0.15, 0.2) is 103 Å². The molecule has 0 aliphatic carbocycles. The number of carbonyl (C=O) groups is 2. The van der Waals surface area contributed by atoms with Gasteiger partial charge >= 0.3 is 12.1 Å². The van der Waals surface area contributed by atoms with Crippen molar-refractivity contribution in [3.05, 3.63) is 109 Å². The zero-order valence-corrected chi connectivity index (χ0v) is 19.1. The molecule has 5 aromatic rings. The molecule has 5 aromatic carbocycles. The number of benzene rings is 5. The number of fused-ring (bicyclic) bond motifs is 2. The largest absolute Gasteiger partial charge is 0.513 e. The summed E-state index contributed by atoms with van der Waals surface area (Å²) in [6.45, 7) is 1.91. The Labute approximate surface area is 202 Å². The summed E-state index contributed by atoms with van der Waals surface area (Å²) < 4.78 is 16.6. The normalized spacial score (nSPS) is 10.8. The SMILES string of the molecule is CCOC(=O)Oc1ccc2ccccc2c1-c1c(OC(=O)c2ccccc2)ccc2ccccc12. The van der Waals surface area contributed by atoms with Gasteiger partial charge in [-0.05, 0) is 52.7 Å². The topological polar surface area (TPSA) is 61.8 Å². The Morgan fingerprint density at radius 2 is 1.11 bits per heavy atom. The molecule has 0 aromatic heterocycles. The van der Waals surface area contributed by atoms with E-state index in [-0.39, 0.29) is 6.61 Å². The second-order valence-electron chi connectivity index (χ2n) is 7.86. The summed E-state index contributed by atoms with van der Waals surface area (Å²) in [6, 6.07) is 31.7. The van der Waals surface area contributed by atoms with Crippen LogP contribution in [0.3, 0.4) is 0 Å². The Hall–Kier alpha value is -4.64. The highest BCUT2D eigenvalue weighted by Crippen LogP contribution is 2.45. The van der Waals surface area contributed by atoms with Crippen LogP contribution in [-0.4, -0.2) is 18.7 Å². The van der Waals surface area contributed by atoms with E-state index in [4.69, 9.17) is 14.2 Å². The molecule has 0 bridgehead atoms. The van der Waals surface area contributed by atoms with Crippen molar-refractivity contribution in [2.45, 2.75) is 6.92 Å². The Bertz CT molecular complexity index is 1540. The fourth-order valence-electron chi connectivity index (χ4n) is 4.16. The molecule has 0 fully saturated rings. The van der Waals surface area contributed by atoms with Gasteiger partial charge in [0.05, 0.1) is 12.2 Å². The Balaban J connectivity index is 1.77. The van der Waals surface area contributed by atoms with Gasteiger partial charge in [-0.1, -0.05) is 78.9 Å². The summed E-state index contributed by atoms with van der Waals surface area (Å²) in [6.07, 6.45) is -0.799. The quantitative estimate of drug-likeness (QED) is 0.155. The first-order valence-electron chi connectivity index (χ1n) is 11.3. The first-order valence-corrected chi connectivity index (χ1v) is 11.3. The van der Waals surface area contributed by atoms with Gasteiger partial charge in [0.2, 0.25) is 0 Å². The van der Waals surface area contributed by atoms with Gasteiger partial charge < -0.3 is 14.2 Å². The molecule has 0 radical (unpaired) electrons. The number of hydrogen-bond acceptors (Lipinski definition) is 5. The predicted octanol–water partition coefficient (Wildman–Crippen LogP) is 7.41. The van der Waals surface area contributed by atoms with Gasteiger partial charge in [0.25, 0.3) is 0 Å². The Morgan fingerprint density at radius 3 is 1.69 bits per heavy atom. The van der Waals surface area contributed by atoms with E-state index in [1.807, 2.05) is 66.7 Å². The van der Waals surface area contributed by atoms with Crippen molar-refractivity contribution in [1.29, 1.82) is 0 Å². The summed E-state index contributed by atoms with van der Waals surface area (Å²) in [5, 5.41) is 3.61. The molecular formula is C30H22O5. The maximum absolute atomic E-state index is 13.0. The fraction of sp³-hybridized carbons (Fsp3) is 0.0667. The van der Waals surface area contributed by atoms with Crippen molar-refractivity contribution < 1.29 is 23.8 Å². The van der Waals surface area contributed by atoms with E-state index < -0.39 is 12.1 Å². The summed E-state index contributed by atoms with van der Waals surface area (Å²) in [4.78, 5) is 25.3. The average Bonchev–Trinajstić information content (AvgIpc) is 2.89. The summed E-state index contributed by atoms with van der Waals surface area (Å²) in [5.74, 6) is 0.202. The summed E-state index contributed by atoms with van der Waals surface area (Å²) in [7, 11) is 0. The van der Waals surface area contributed by atoms with Gasteiger partial charge in [-0.2, -0.15) is 0 Å². The molecule has 0 aliphatic rings. The van der Waals surface area contributed by atoms with Crippen LogP contribution in [0.1, 0.15) is 17.3 Å². The van der Waals surface area contributed by atoms with E-state index in [0.29, 0.717) is 28.2 Å². The zero-order valence-electron chi connectivity index (χ0n) is 19.1. The minimum atomic E-state index is -0.799. The van der Waals surface area contributed by atoms with Crippen LogP contribution < -0.4 is 9.47 Å². The first kappa shape index (κ1) is 22.2. The molecule has 35 heavy (non-hydrogen) atoms. The molecule has 0 saturated heterocycles. The van der Waals surface area contributed by atoms with Crippen molar-refractivity contribution in [3.63, 3.8) is 0 Å². The van der Waals surface area contributed by atoms with E-state index in [1.165, 1.54) is 0 Å². The van der Waals surface area contributed by atoms with Crippen molar-refractivity contribution in [2.75, 3.05) is 6.61 Å². The third kappa shape index (κ3) is 4.44. The second-order valence-corrected chi connectivity index (χ2v) is 7.86. The monoisotopic (exact) mass is 462 g/mol. The first-order chi connectivity index (χ1) is 17.2. The van der Waals surface area contributed by atoms with Crippen molar-refractivity contribution in [3.8, 4) is 22.6 Å². The molecular weight excluding hydrogens is 440 g/mol. The van der Waals surface area contributed by atoms with Crippen molar-refractivity contribution in [1.82, 2.24) is 0 Å². The van der Waals surface area contributed by atoms with E-state index in [0.717, 1.165) is 21.5 Å². The predicted molar refractivity (Wildman–Crippen MR) is 136 cm³/mol. The third-order valence-corrected chi connectivity index (χ3v) is 5.70. The Morgan fingerprint density at radius 1 is 0.600 bits per heavy atom. The van der Waals surface area contributed by atoms with Crippen LogP contribution in [0.25, 0.3) is 32.7 Å². The van der Waals surface area contributed by atoms with Crippen LogP contribution in [0.5, 0.6) is 11.5 Å². The van der Waals surface area contributed by atoms with Crippen LogP contribution >= 0.6 is 0 Å². The van der Waals surface area contributed by atoms with E-state index in [9.17, 15) is 9.59 Å². The molecule has 0 saturated carbocycles. The molecule has 0 N–H and O–H groups in total. The maximum atomic E-state index is 13.0. The van der Waals surface area contributed by atoms with Gasteiger partial charge in [0.1, 0.15) is 11.5 Å². The maximum Gasteiger partial charge on any atom is 0.513 e. The minimum absolute atomic E-state index is 0.190. The average molecular weight is 463 g/mol. The smallest absolute Gasteiger partial charge is 0.434 e. The molecule has 172 valence electrons. The highest BCUT2D eigenvalue weighted by atomic mass is 16.7. The lowest BCUT2D eigenvalue weighted by Crippen LogP contribution is -2.12. The van der Waals surface area contributed by atoms with Gasteiger partial charge in [-0.3, -0.25) is 0 Å². The summed E-state index contributed by atoms with van der Waals surface area (Å²) in [5.41, 5.74) is 1.74. The minimum Gasteiger partial charge on any atom is -0.434 e. The van der Waals surface area contributed by atoms with E-state index in [1.54, 1.807) is 43.3 Å².